The number of nitrogens with zero attached hydrogens (tertiary/aromatic N) is 4. The van der Waals surface area contributed by atoms with Crippen LogP contribution in [0.3, 0.4) is 0 Å². The lowest BCUT2D eigenvalue weighted by atomic mass is 10.1. The first-order chi connectivity index (χ1) is 11.9. The highest BCUT2D eigenvalue weighted by Gasteiger charge is 2.18. The molecule has 7 nitrogen and oxygen atoms in total. The Morgan fingerprint density at radius 2 is 1.92 bits per heavy atom. The van der Waals surface area contributed by atoms with Crippen LogP contribution in [0.25, 0.3) is 0 Å². The van der Waals surface area contributed by atoms with E-state index in [0.29, 0.717) is 18.0 Å². The molecule has 0 fully saturated rings. The lowest BCUT2D eigenvalue weighted by Gasteiger charge is -2.10. The maximum absolute atomic E-state index is 12.2. The second-order valence-corrected chi connectivity index (χ2v) is 5.99. The zero-order valence-corrected chi connectivity index (χ0v) is 14.7. The number of hydrogen-bond donors (Lipinski definition) is 0. The molecule has 3 rings (SSSR count). The summed E-state index contributed by atoms with van der Waals surface area (Å²) >= 11 is 0. The van der Waals surface area contributed by atoms with Gasteiger partial charge in [0.1, 0.15) is 0 Å². The van der Waals surface area contributed by atoms with Crippen LogP contribution in [0, 0.1) is 20.8 Å². The standard InChI is InChI=1S/C18H20N4O3/c1-11-9-12(2)22(21-11)10-15-5-7-16(8-6-15)18(23)24-13(3)17-20-19-14(4)25-17/h5-9,13H,10H2,1-4H3/t13-/m0/s1. The number of ether oxygens (including phenoxy) is 1. The van der Waals surface area contributed by atoms with Gasteiger partial charge < -0.3 is 9.15 Å². The molecule has 0 saturated heterocycles. The molecule has 3 aromatic rings. The van der Waals surface area contributed by atoms with Crippen molar-refractivity contribution in [3.05, 3.63) is 64.6 Å². The Bertz CT molecular complexity index is 880. The first-order valence-electron chi connectivity index (χ1n) is 8.03. The van der Waals surface area contributed by atoms with Gasteiger partial charge in [-0.05, 0) is 44.5 Å². The first kappa shape index (κ1) is 16.9. The van der Waals surface area contributed by atoms with Crippen molar-refractivity contribution in [2.24, 2.45) is 0 Å². The van der Waals surface area contributed by atoms with Gasteiger partial charge >= 0.3 is 5.97 Å². The van der Waals surface area contributed by atoms with Crippen LogP contribution in [0.5, 0.6) is 0 Å². The zero-order valence-electron chi connectivity index (χ0n) is 14.7. The summed E-state index contributed by atoms with van der Waals surface area (Å²) in [4.78, 5) is 12.2. The molecule has 1 aromatic carbocycles. The van der Waals surface area contributed by atoms with E-state index in [1.807, 2.05) is 36.7 Å². The van der Waals surface area contributed by atoms with E-state index in [0.717, 1.165) is 17.0 Å². The monoisotopic (exact) mass is 340 g/mol. The van der Waals surface area contributed by atoms with Gasteiger partial charge in [-0.3, -0.25) is 4.68 Å². The van der Waals surface area contributed by atoms with Crippen molar-refractivity contribution in [3.8, 4) is 0 Å². The van der Waals surface area contributed by atoms with Crippen LogP contribution in [0.2, 0.25) is 0 Å². The molecule has 7 heteroatoms. The smallest absolute Gasteiger partial charge is 0.338 e. The number of carbonyl (C=O) groups is 1. The van der Waals surface area contributed by atoms with E-state index in [-0.39, 0.29) is 5.89 Å². The third-order valence-corrected chi connectivity index (χ3v) is 3.80. The summed E-state index contributed by atoms with van der Waals surface area (Å²) < 4.78 is 12.6. The third-order valence-electron chi connectivity index (χ3n) is 3.80. The average Bonchev–Trinajstić information content (AvgIpc) is 3.13. The molecule has 1 atom stereocenters. The van der Waals surface area contributed by atoms with Crippen LogP contribution in [0.15, 0.2) is 34.7 Å². The molecular formula is C18H20N4O3. The number of aromatic nitrogens is 4. The fourth-order valence-electron chi connectivity index (χ4n) is 2.51. The van der Waals surface area contributed by atoms with E-state index in [2.05, 4.69) is 15.3 Å². The van der Waals surface area contributed by atoms with Crippen LogP contribution >= 0.6 is 0 Å². The Kier molecular flexibility index (Phi) is 4.65. The quantitative estimate of drug-likeness (QED) is 0.664. The Morgan fingerprint density at radius 1 is 1.20 bits per heavy atom. The molecule has 0 saturated carbocycles. The number of benzene rings is 1. The third kappa shape index (κ3) is 3.93. The van der Waals surface area contributed by atoms with E-state index in [9.17, 15) is 4.79 Å². The minimum atomic E-state index is -0.594. The van der Waals surface area contributed by atoms with Crippen molar-refractivity contribution >= 4 is 5.97 Å². The Morgan fingerprint density at radius 3 is 2.48 bits per heavy atom. The van der Waals surface area contributed by atoms with Crippen molar-refractivity contribution in [2.45, 2.75) is 40.3 Å². The molecule has 25 heavy (non-hydrogen) atoms. The molecule has 2 heterocycles. The average molecular weight is 340 g/mol. The fourth-order valence-corrected chi connectivity index (χ4v) is 2.51. The van der Waals surface area contributed by atoms with E-state index in [4.69, 9.17) is 9.15 Å². The number of aryl methyl sites for hydroxylation is 3. The molecule has 2 aromatic heterocycles. The highest BCUT2D eigenvalue weighted by Crippen LogP contribution is 2.18. The Hall–Kier alpha value is -2.96. The molecular weight excluding hydrogens is 320 g/mol. The minimum absolute atomic E-state index is 0.284. The maximum atomic E-state index is 12.2. The van der Waals surface area contributed by atoms with E-state index in [1.54, 1.807) is 26.0 Å². The Labute approximate surface area is 145 Å². The summed E-state index contributed by atoms with van der Waals surface area (Å²) in [5, 5.41) is 12.0. The van der Waals surface area contributed by atoms with Crippen LogP contribution < -0.4 is 0 Å². The predicted octanol–water partition coefficient (Wildman–Crippen LogP) is 3.16. The highest BCUT2D eigenvalue weighted by molar-refractivity contribution is 5.89. The minimum Gasteiger partial charge on any atom is -0.449 e. The van der Waals surface area contributed by atoms with Crippen molar-refractivity contribution < 1.29 is 13.9 Å². The van der Waals surface area contributed by atoms with Crippen molar-refractivity contribution in [2.75, 3.05) is 0 Å². The molecule has 0 radical (unpaired) electrons. The van der Waals surface area contributed by atoms with Crippen LogP contribution in [-0.2, 0) is 11.3 Å². The summed E-state index contributed by atoms with van der Waals surface area (Å²) in [5.74, 6) is 0.291. The van der Waals surface area contributed by atoms with Gasteiger partial charge in [-0.25, -0.2) is 4.79 Å². The molecule has 0 spiro atoms. The number of carbonyl (C=O) groups excluding carboxylic acids is 1. The first-order valence-corrected chi connectivity index (χ1v) is 8.03. The lowest BCUT2D eigenvalue weighted by molar-refractivity contribution is 0.0277. The maximum Gasteiger partial charge on any atom is 0.338 e. The van der Waals surface area contributed by atoms with Gasteiger partial charge in [0, 0.05) is 12.6 Å². The van der Waals surface area contributed by atoms with Crippen molar-refractivity contribution in [1.29, 1.82) is 0 Å². The van der Waals surface area contributed by atoms with Gasteiger partial charge in [0.25, 0.3) is 5.89 Å². The van der Waals surface area contributed by atoms with Gasteiger partial charge in [-0.1, -0.05) is 12.1 Å². The summed E-state index contributed by atoms with van der Waals surface area (Å²) in [6.45, 7) is 8.03. The molecule has 0 aliphatic heterocycles. The highest BCUT2D eigenvalue weighted by atomic mass is 16.6. The van der Waals surface area contributed by atoms with Crippen molar-refractivity contribution in [1.82, 2.24) is 20.0 Å². The summed E-state index contributed by atoms with van der Waals surface area (Å²) in [6.07, 6.45) is -0.594. The predicted molar refractivity (Wildman–Crippen MR) is 90.1 cm³/mol. The molecule has 0 bridgehead atoms. The second-order valence-electron chi connectivity index (χ2n) is 5.99. The number of esters is 1. The molecule has 0 amide bonds. The van der Waals surface area contributed by atoms with E-state index < -0.39 is 12.1 Å². The summed E-state index contributed by atoms with van der Waals surface area (Å²) in [5.41, 5.74) is 3.62. The number of hydrogen-bond acceptors (Lipinski definition) is 6. The molecule has 0 aliphatic rings. The molecule has 0 unspecified atom stereocenters. The molecule has 0 aliphatic carbocycles. The van der Waals surface area contributed by atoms with Gasteiger partial charge in [0.2, 0.25) is 5.89 Å². The van der Waals surface area contributed by atoms with Crippen LogP contribution in [0.1, 0.15) is 52.1 Å². The largest absolute Gasteiger partial charge is 0.449 e. The van der Waals surface area contributed by atoms with Gasteiger partial charge in [-0.15, -0.1) is 10.2 Å². The normalized spacial score (nSPS) is 12.2. The topological polar surface area (TPSA) is 83.0 Å². The zero-order chi connectivity index (χ0) is 18.0. The molecule has 0 N–H and O–H groups in total. The summed E-state index contributed by atoms with van der Waals surface area (Å²) in [6, 6.07) is 9.32. The van der Waals surface area contributed by atoms with E-state index >= 15 is 0 Å². The SMILES string of the molecule is Cc1cc(C)n(Cc2ccc(C(=O)O[C@@H](C)c3nnc(C)o3)cc2)n1. The fraction of sp³-hybridized carbons (Fsp3) is 0.333. The van der Waals surface area contributed by atoms with Crippen LogP contribution in [0.4, 0.5) is 0 Å². The summed E-state index contributed by atoms with van der Waals surface area (Å²) in [7, 11) is 0. The molecule has 130 valence electrons. The van der Waals surface area contributed by atoms with Crippen LogP contribution in [-0.4, -0.2) is 25.9 Å². The van der Waals surface area contributed by atoms with Crippen molar-refractivity contribution in [3.63, 3.8) is 0 Å². The lowest BCUT2D eigenvalue weighted by Crippen LogP contribution is -2.10. The number of rotatable bonds is 5. The Balaban J connectivity index is 1.65. The second kappa shape index (κ2) is 6.88. The van der Waals surface area contributed by atoms with Gasteiger partial charge in [0.15, 0.2) is 6.10 Å². The van der Waals surface area contributed by atoms with E-state index in [1.165, 1.54) is 0 Å². The van der Waals surface area contributed by atoms with Gasteiger partial charge in [-0.2, -0.15) is 5.10 Å². The van der Waals surface area contributed by atoms with Gasteiger partial charge in [0.05, 0.1) is 17.8 Å².